The Morgan fingerprint density at radius 3 is 2.12 bits per heavy atom. The van der Waals surface area contributed by atoms with Gasteiger partial charge in [-0.25, -0.2) is 0 Å². The lowest BCUT2D eigenvalue weighted by Crippen LogP contribution is -2.46. The number of carbonyl (C=O) groups is 2. The maximum absolute atomic E-state index is 11.0. The number of primary amides is 1. The van der Waals surface area contributed by atoms with Crippen LogP contribution >= 0.6 is 0 Å². The average molecular weight is 242 g/mol. The average Bonchev–Trinajstić information content (AvgIpc) is 2.13. The summed E-state index contributed by atoms with van der Waals surface area (Å²) in [6, 6.07) is 0.164. The van der Waals surface area contributed by atoms with E-state index in [1.165, 1.54) is 6.42 Å². The highest BCUT2D eigenvalue weighted by molar-refractivity contribution is 5.77. The molecule has 0 aliphatic heterocycles. The summed E-state index contributed by atoms with van der Waals surface area (Å²) in [7, 11) is 0. The van der Waals surface area contributed by atoms with Crippen molar-refractivity contribution in [3.05, 3.63) is 0 Å². The predicted molar refractivity (Wildman–Crippen MR) is 64.4 cm³/mol. The molecule has 0 aromatic carbocycles. The Labute approximate surface area is 102 Å². The summed E-state index contributed by atoms with van der Waals surface area (Å²) >= 11 is 0. The summed E-state index contributed by atoms with van der Waals surface area (Å²) in [6.07, 6.45) is 3.07. The van der Waals surface area contributed by atoms with Gasteiger partial charge in [-0.3, -0.25) is 14.5 Å². The Balaban J connectivity index is 2.66. The van der Waals surface area contributed by atoms with Gasteiger partial charge in [-0.1, -0.05) is 13.8 Å². The molecule has 0 aromatic heterocycles. The summed E-state index contributed by atoms with van der Waals surface area (Å²) < 4.78 is 0. The number of hydrogen-bond acceptors (Lipinski definition) is 3. The van der Waals surface area contributed by atoms with E-state index in [2.05, 4.69) is 13.8 Å². The van der Waals surface area contributed by atoms with Crippen molar-refractivity contribution in [2.75, 3.05) is 13.1 Å². The Kier molecular flexibility index (Phi) is 4.93. The van der Waals surface area contributed by atoms with Gasteiger partial charge in [0.2, 0.25) is 5.91 Å². The molecule has 1 fully saturated rings. The lowest BCUT2D eigenvalue weighted by atomic mass is 9.80. The zero-order valence-corrected chi connectivity index (χ0v) is 10.6. The van der Waals surface area contributed by atoms with Gasteiger partial charge in [-0.05, 0) is 31.1 Å². The van der Waals surface area contributed by atoms with Gasteiger partial charge in [0.15, 0.2) is 0 Å². The summed E-state index contributed by atoms with van der Waals surface area (Å²) in [5.74, 6) is -0.213. The number of nitrogens with two attached hydrogens (primary N) is 1. The van der Waals surface area contributed by atoms with Crippen molar-refractivity contribution in [3.8, 4) is 0 Å². The molecule has 3 N–H and O–H groups in total. The summed E-state index contributed by atoms with van der Waals surface area (Å²) in [6.45, 7) is 4.28. The normalized spacial score (nSPS) is 29.2. The Bertz CT molecular complexity index is 267. The quantitative estimate of drug-likeness (QED) is 0.742. The molecule has 1 aliphatic rings. The van der Waals surface area contributed by atoms with Gasteiger partial charge in [0.1, 0.15) is 0 Å². The Morgan fingerprint density at radius 2 is 1.71 bits per heavy atom. The Morgan fingerprint density at radius 1 is 1.18 bits per heavy atom. The first-order valence-corrected chi connectivity index (χ1v) is 6.12. The van der Waals surface area contributed by atoms with Crippen LogP contribution in [0.1, 0.15) is 33.1 Å². The molecule has 0 aromatic rings. The number of aliphatic carboxylic acids is 1. The fraction of sp³-hybridized carbons (Fsp3) is 0.833. The monoisotopic (exact) mass is 242 g/mol. The van der Waals surface area contributed by atoms with Crippen molar-refractivity contribution in [1.29, 1.82) is 0 Å². The van der Waals surface area contributed by atoms with E-state index < -0.39 is 11.9 Å². The zero-order valence-electron chi connectivity index (χ0n) is 10.6. The number of carboxylic acid groups (broad SMARTS) is 1. The van der Waals surface area contributed by atoms with Crippen molar-refractivity contribution < 1.29 is 14.7 Å². The van der Waals surface area contributed by atoms with Crippen LogP contribution in [0.2, 0.25) is 0 Å². The minimum atomic E-state index is -0.905. The molecule has 0 bridgehead atoms. The first kappa shape index (κ1) is 14.0. The molecule has 1 saturated carbocycles. The molecule has 1 rings (SSSR count). The fourth-order valence-electron chi connectivity index (χ4n) is 2.89. The van der Waals surface area contributed by atoms with E-state index in [1.807, 2.05) is 0 Å². The van der Waals surface area contributed by atoms with E-state index in [9.17, 15) is 9.59 Å². The molecule has 0 radical (unpaired) electrons. The van der Waals surface area contributed by atoms with E-state index in [0.29, 0.717) is 11.8 Å². The SMILES string of the molecule is CC1CC(C)CC(N(CC(N)=O)CC(=O)O)C1. The maximum atomic E-state index is 11.0. The molecule has 17 heavy (non-hydrogen) atoms. The van der Waals surface area contributed by atoms with Crippen molar-refractivity contribution >= 4 is 11.9 Å². The first-order valence-electron chi connectivity index (χ1n) is 6.12. The van der Waals surface area contributed by atoms with Crippen molar-refractivity contribution in [1.82, 2.24) is 4.90 Å². The molecule has 2 atom stereocenters. The highest BCUT2D eigenvalue weighted by atomic mass is 16.4. The number of rotatable bonds is 5. The molecule has 0 heterocycles. The second-order valence-corrected chi connectivity index (χ2v) is 5.34. The lowest BCUT2D eigenvalue weighted by molar-refractivity contribution is -0.139. The van der Waals surface area contributed by atoms with Gasteiger partial charge in [0.25, 0.3) is 0 Å². The van der Waals surface area contributed by atoms with Gasteiger partial charge in [0, 0.05) is 6.04 Å². The largest absolute Gasteiger partial charge is 0.480 e. The van der Waals surface area contributed by atoms with E-state index in [0.717, 1.165) is 12.8 Å². The number of carboxylic acids is 1. The molecule has 5 nitrogen and oxygen atoms in total. The third kappa shape index (κ3) is 4.73. The summed E-state index contributed by atoms with van der Waals surface area (Å²) in [5, 5.41) is 8.87. The van der Waals surface area contributed by atoms with Gasteiger partial charge < -0.3 is 10.8 Å². The van der Waals surface area contributed by atoms with Crippen LogP contribution in [0.3, 0.4) is 0 Å². The minimum Gasteiger partial charge on any atom is -0.480 e. The fourth-order valence-corrected chi connectivity index (χ4v) is 2.89. The van der Waals surface area contributed by atoms with Gasteiger partial charge in [0.05, 0.1) is 13.1 Å². The number of carbonyl (C=O) groups excluding carboxylic acids is 1. The van der Waals surface area contributed by atoms with Crippen LogP contribution in [0.4, 0.5) is 0 Å². The van der Waals surface area contributed by atoms with Crippen LogP contribution in [-0.2, 0) is 9.59 Å². The molecule has 5 heteroatoms. The molecule has 98 valence electrons. The van der Waals surface area contributed by atoms with Crippen LogP contribution in [-0.4, -0.2) is 41.0 Å². The van der Waals surface area contributed by atoms with Gasteiger partial charge in [-0.2, -0.15) is 0 Å². The Hall–Kier alpha value is -1.10. The molecule has 2 unspecified atom stereocenters. The maximum Gasteiger partial charge on any atom is 0.317 e. The molecule has 1 amide bonds. The van der Waals surface area contributed by atoms with Crippen LogP contribution in [0, 0.1) is 11.8 Å². The number of nitrogens with zero attached hydrogens (tertiary/aromatic N) is 1. The van der Waals surface area contributed by atoms with Crippen molar-refractivity contribution in [2.45, 2.75) is 39.2 Å². The highest BCUT2D eigenvalue weighted by Crippen LogP contribution is 2.31. The third-order valence-electron chi connectivity index (χ3n) is 3.37. The van der Waals surface area contributed by atoms with E-state index in [4.69, 9.17) is 10.8 Å². The van der Waals surface area contributed by atoms with Gasteiger partial charge >= 0.3 is 5.97 Å². The standard InChI is InChI=1S/C12H22N2O3/c1-8-3-9(2)5-10(4-8)14(6-11(13)15)7-12(16)17/h8-10H,3-7H2,1-2H3,(H2,13,15)(H,16,17). The van der Waals surface area contributed by atoms with Crippen LogP contribution in [0.5, 0.6) is 0 Å². The van der Waals surface area contributed by atoms with Crippen molar-refractivity contribution in [2.24, 2.45) is 17.6 Å². The lowest BCUT2D eigenvalue weighted by Gasteiger charge is -2.37. The zero-order chi connectivity index (χ0) is 13.0. The molecule has 1 aliphatic carbocycles. The van der Waals surface area contributed by atoms with E-state index >= 15 is 0 Å². The molecular formula is C12H22N2O3. The first-order chi connectivity index (χ1) is 7.88. The number of hydrogen-bond donors (Lipinski definition) is 2. The van der Waals surface area contributed by atoms with Crippen LogP contribution in [0.25, 0.3) is 0 Å². The molecular weight excluding hydrogens is 220 g/mol. The molecule has 0 saturated heterocycles. The predicted octanol–water partition coefficient (Wildman–Crippen LogP) is 0.683. The van der Waals surface area contributed by atoms with E-state index in [1.54, 1.807) is 4.90 Å². The smallest absolute Gasteiger partial charge is 0.317 e. The second kappa shape index (κ2) is 6.00. The number of amides is 1. The third-order valence-corrected chi connectivity index (χ3v) is 3.37. The summed E-state index contributed by atoms with van der Waals surface area (Å²) in [4.78, 5) is 23.5. The van der Waals surface area contributed by atoms with Crippen LogP contribution < -0.4 is 5.73 Å². The highest BCUT2D eigenvalue weighted by Gasteiger charge is 2.30. The van der Waals surface area contributed by atoms with Crippen molar-refractivity contribution in [3.63, 3.8) is 0 Å². The minimum absolute atomic E-state index is 0.0381. The van der Waals surface area contributed by atoms with Crippen LogP contribution in [0.15, 0.2) is 0 Å². The topological polar surface area (TPSA) is 83.6 Å². The van der Waals surface area contributed by atoms with Gasteiger partial charge in [-0.15, -0.1) is 0 Å². The molecule has 0 spiro atoms. The van der Waals surface area contributed by atoms with E-state index in [-0.39, 0.29) is 19.1 Å². The summed E-state index contributed by atoms with van der Waals surface area (Å²) in [5.41, 5.74) is 5.17. The second-order valence-electron chi connectivity index (χ2n) is 5.34.